The van der Waals surface area contributed by atoms with Crippen LogP contribution in [0.15, 0.2) is 18.2 Å². The van der Waals surface area contributed by atoms with Gasteiger partial charge in [-0.15, -0.1) is 0 Å². The Morgan fingerprint density at radius 1 is 1.37 bits per heavy atom. The molecule has 0 saturated heterocycles. The smallest absolute Gasteiger partial charge is 0.255 e. The summed E-state index contributed by atoms with van der Waals surface area (Å²) in [5, 5.41) is 3.87. The molecule has 0 aliphatic rings. The van der Waals surface area contributed by atoms with Crippen LogP contribution < -0.4 is 10.2 Å². The van der Waals surface area contributed by atoms with Crippen LogP contribution in [0.4, 0.5) is 14.5 Å². The standard InChI is InChI=1S/C14H21ClF2N2/c1-4-7-18-10(2)11-5-6-13(12(15)8-11)19(3)9-14(16)17/h5-6,8,10,14,18H,4,7,9H2,1-3H3. The number of benzene rings is 1. The molecule has 0 aliphatic carbocycles. The van der Waals surface area contributed by atoms with Crippen molar-refractivity contribution >= 4 is 17.3 Å². The zero-order valence-corrected chi connectivity index (χ0v) is 12.3. The van der Waals surface area contributed by atoms with Gasteiger partial charge < -0.3 is 10.2 Å². The van der Waals surface area contributed by atoms with E-state index in [-0.39, 0.29) is 12.6 Å². The predicted octanol–water partition coefficient (Wildman–Crippen LogP) is 4.10. The molecule has 1 aromatic carbocycles. The van der Waals surface area contributed by atoms with Gasteiger partial charge in [0.2, 0.25) is 0 Å². The van der Waals surface area contributed by atoms with Gasteiger partial charge in [0.15, 0.2) is 0 Å². The summed E-state index contributed by atoms with van der Waals surface area (Å²) >= 11 is 6.17. The number of nitrogens with zero attached hydrogens (tertiary/aromatic N) is 1. The van der Waals surface area contributed by atoms with Crippen LogP contribution in [0, 0.1) is 0 Å². The van der Waals surface area contributed by atoms with Crippen molar-refractivity contribution in [2.45, 2.75) is 32.7 Å². The average molecular weight is 291 g/mol. The highest BCUT2D eigenvalue weighted by molar-refractivity contribution is 6.33. The Hall–Kier alpha value is -0.870. The van der Waals surface area contributed by atoms with Crippen LogP contribution in [0.2, 0.25) is 5.02 Å². The van der Waals surface area contributed by atoms with Crippen molar-refractivity contribution in [2.75, 3.05) is 25.0 Å². The third-order valence-electron chi connectivity index (χ3n) is 3.00. The minimum Gasteiger partial charge on any atom is -0.368 e. The van der Waals surface area contributed by atoms with Gasteiger partial charge in [-0.05, 0) is 37.6 Å². The maximum atomic E-state index is 12.4. The summed E-state index contributed by atoms with van der Waals surface area (Å²) in [6.45, 7) is 4.79. The molecule has 1 aromatic rings. The van der Waals surface area contributed by atoms with E-state index in [4.69, 9.17) is 11.6 Å². The van der Waals surface area contributed by atoms with Crippen molar-refractivity contribution < 1.29 is 8.78 Å². The molecule has 0 amide bonds. The third kappa shape index (κ3) is 4.96. The molecular weight excluding hydrogens is 270 g/mol. The molecule has 0 radical (unpaired) electrons. The van der Waals surface area contributed by atoms with Gasteiger partial charge in [-0.1, -0.05) is 24.6 Å². The monoisotopic (exact) mass is 290 g/mol. The summed E-state index contributed by atoms with van der Waals surface area (Å²) in [6.07, 6.45) is -1.31. The Morgan fingerprint density at radius 2 is 2.05 bits per heavy atom. The average Bonchev–Trinajstić information content (AvgIpc) is 2.34. The summed E-state index contributed by atoms with van der Waals surface area (Å²) in [5.74, 6) is 0. The lowest BCUT2D eigenvalue weighted by Gasteiger charge is -2.22. The van der Waals surface area contributed by atoms with Crippen LogP contribution >= 0.6 is 11.6 Å². The fraction of sp³-hybridized carbons (Fsp3) is 0.571. The van der Waals surface area contributed by atoms with Crippen LogP contribution in [0.3, 0.4) is 0 Å². The maximum Gasteiger partial charge on any atom is 0.255 e. The number of nitrogens with one attached hydrogen (secondary N) is 1. The van der Waals surface area contributed by atoms with Crippen molar-refractivity contribution in [1.29, 1.82) is 0 Å². The van der Waals surface area contributed by atoms with E-state index in [0.29, 0.717) is 10.7 Å². The van der Waals surface area contributed by atoms with E-state index >= 15 is 0 Å². The molecule has 108 valence electrons. The van der Waals surface area contributed by atoms with E-state index in [1.807, 2.05) is 12.1 Å². The van der Waals surface area contributed by atoms with E-state index in [1.54, 1.807) is 13.1 Å². The summed E-state index contributed by atoms with van der Waals surface area (Å²) in [4.78, 5) is 1.47. The third-order valence-corrected chi connectivity index (χ3v) is 3.30. The Balaban J connectivity index is 2.79. The maximum absolute atomic E-state index is 12.4. The highest BCUT2D eigenvalue weighted by Crippen LogP contribution is 2.28. The first-order valence-corrected chi connectivity index (χ1v) is 6.85. The van der Waals surface area contributed by atoms with E-state index in [0.717, 1.165) is 18.5 Å². The molecule has 0 saturated carbocycles. The number of hydrogen-bond donors (Lipinski definition) is 1. The fourth-order valence-corrected chi connectivity index (χ4v) is 2.22. The highest BCUT2D eigenvalue weighted by Gasteiger charge is 2.13. The lowest BCUT2D eigenvalue weighted by atomic mass is 10.1. The Labute approximate surface area is 118 Å². The van der Waals surface area contributed by atoms with Gasteiger partial charge in [0.05, 0.1) is 17.3 Å². The quantitative estimate of drug-likeness (QED) is 0.813. The number of hydrogen-bond acceptors (Lipinski definition) is 2. The van der Waals surface area contributed by atoms with Crippen molar-refractivity contribution in [3.63, 3.8) is 0 Å². The topological polar surface area (TPSA) is 15.3 Å². The van der Waals surface area contributed by atoms with Gasteiger partial charge in [-0.3, -0.25) is 0 Å². The van der Waals surface area contributed by atoms with Crippen molar-refractivity contribution in [3.8, 4) is 0 Å². The van der Waals surface area contributed by atoms with Gasteiger partial charge >= 0.3 is 0 Å². The molecule has 0 spiro atoms. The highest BCUT2D eigenvalue weighted by atomic mass is 35.5. The van der Waals surface area contributed by atoms with Gasteiger partial charge in [0.1, 0.15) is 0 Å². The second kappa shape index (κ2) is 7.65. The summed E-state index contributed by atoms with van der Waals surface area (Å²) in [6, 6.07) is 5.76. The number of halogens is 3. The van der Waals surface area contributed by atoms with Crippen molar-refractivity contribution in [2.24, 2.45) is 0 Å². The molecule has 0 fully saturated rings. The summed E-state index contributed by atoms with van der Waals surface area (Å²) in [7, 11) is 1.62. The lowest BCUT2D eigenvalue weighted by Crippen LogP contribution is -2.24. The molecule has 1 rings (SSSR count). The molecular formula is C14H21ClF2N2. The second-order valence-corrected chi connectivity index (χ2v) is 5.07. The molecule has 19 heavy (non-hydrogen) atoms. The van der Waals surface area contributed by atoms with E-state index in [2.05, 4.69) is 19.2 Å². The molecule has 0 aliphatic heterocycles. The lowest BCUT2D eigenvalue weighted by molar-refractivity contribution is 0.156. The largest absolute Gasteiger partial charge is 0.368 e. The molecule has 1 N–H and O–H groups in total. The van der Waals surface area contributed by atoms with Gasteiger partial charge in [0.25, 0.3) is 6.43 Å². The first-order chi connectivity index (χ1) is 8.95. The fourth-order valence-electron chi connectivity index (χ4n) is 1.89. The molecule has 1 unspecified atom stereocenters. The Bertz CT molecular complexity index is 399. The van der Waals surface area contributed by atoms with Crippen LogP contribution in [0.5, 0.6) is 0 Å². The Morgan fingerprint density at radius 3 is 2.58 bits per heavy atom. The van der Waals surface area contributed by atoms with Gasteiger partial charge in [-0.25, -0.2) is 8.78 Å². The second-order valence-electron chi connectivity index (χ2n) is 4.66. The number of alkyl halides is 2. The van der Waals surface area contributed by atoms with Crippen molar-refractivity contribution in [3.05, 3.63) is 28.8 Å². The first kappa shape index (κ1) is 16.2. The molecule has 0 bridgehead atoms. The van der Waals surface area contributed by atoms with Crippen LogP contribution in [0.1, 0.15) is 31.9 Å². The first-order valence-electron chi connectivity index (χ1n) is 6.47. The Kier molecular flexibility index (Phi) is 6.52. The van der Waals surface area contributed by atoms with E-state index < -0.39 is 6.43 Å². The number of rotatable bonds is 7. The molecule has 0 aromatic heterocycles. The number of anilines is 1. The predicted molar refractivity (Wildman–Crippen MR) is 77.4 cm³/mol. The molecule has 1 atom stereocenters. The zero-order chi connectivity index (χ0) is 14.4. The van der Waals surface area contributed by atoms with Gasteiger partial charge in [-0.2, -0.15) is 0 Å². The zero-order valence-electron chi connectivity index (χ0n) is 11.6. The van der Waals surface area contributed by atoms with E-state index in [1.165, 1.54) is 4.90 Å². The van der Waals surface area contributed by atoms with Crippen LogP contribution in [0.25, 0.3) is 0 Å². The van der Waals surface area contributed by atoms with E-state index in [9.17, 15) is 8.78 Å². The molecule has 2 nitrogen and oxygen atoms in total. The van der Waals surface area contributed by atoms with Gasteiger partial charge in [0, 0.05) is 13.1 Å². The summed E-state index contributed by atoms with van der Waals surface area (Å²) < 4.78 is 24.7. The van der Waals surface area contributed by atoms with Crippen LogP contribution in [-0.2, 0) is 0 Å². The normalized spacial score (nSPS) is 12.8. The summed E-state index contributed by atoms with van der Waals surface area (Å²) in [5.41, 5.74) is 1.70. The molecule has 0 heterocycles. The minimum atomic E-state index is -2.37. The van der Waals surface area contributed by atoms with Crippen LogP contribution in [-0.4, -0.2) is 26.6 Å². The van der Waals surface area contributed by atoms with Crippen molar-refractivity contribution in [1.82, 2.24) is 5.32 Å². The minimum absolute atomic E-state index is 0.201. The molecule has 5 heteroatoms. The SMILES string of the molecule is CCCNC(C)c1ccc(N(C)CC(F)F)c(Cl)c1.